The highest BCUT2D eigenvalue weighted by Gasteiger charge is 2.31. The zero-order valence-corrected chi connectivity index (χ0v) is 17.3. The third kappa shape index (κ3) is 4.58. The first-order valence-corrected chi connectivity index (χ1v) is 11.5. The lowest BCUT2D eigenvalue weighted by molar-refractivity contribution is 0.0501. The van der Waals surface area contributed by atoms with Gasteiger partial charge in [0.2, 0.25) is 0 Å². The van der Waals surface area contributed by atoms with E-state index in [1.165, 1.54) is 50.1 Å². The van der Waals surface area contributed by atoms with Gasteiger partial charge in [0.15, 0.2) is 5.82 Å². The summed E-state index contributed by atoms with van der Waals surface area (Å²) in [5.74, 6) is 1.04. The van der Waals surface area contributed by atoms with Crippen molar-refractivity contribution in [3.63, 3.8) is 0 Å². The normalized spacial score (nSPS) is 21.5. The molecule has 1 aliphatic heterocycles. The fourth-order valence-electron chi connectivity index (χ4n) is 4.72. The maximum absolute atomic E-state index is 4.45. The molecule has 1 saturated heterocycles. The molecule has 0 radical (unpaired) electrons. The molecule has 2 aromatic heterocycles. The van der Waals surface area contributed by atoms with Gasteiger partial charge in [0.25, 0.3) is 0 Å². The first kappa shape index (κ1) is 19.0. The van der Waals surface area contributed by atoms with Crippen molar-refractivity contribution in [1.29, 1.82) is 0 Å². The molecule has 0 spiro atoms. The van der Waals surface area contributed by atoms with Gasteiger partial charge in [-0.05, 0) is 41.1 Å². The smallest absolute Gasteiger partial charge is 0.168 e. The Morgan fingerprint density at radius 1 is 1.15 bits per heavy atom. The van der Waals surface area contributed by atoms with E-state index in [0.717, 1.165) is 44.3 Å². The number of rotatable bonds is 7. The second-order valence-corrected chi connectivity index (χ2v) is 8.97. The van der Waals surface area contributed by atoms with Gasteiger partial charge >= 0.3 is 0 Å². The van der Waals surface area contributed by atoms with E-state index in [0.29, 0.717) is 6.04 Å². The lowest BCUT2D eigenvalue weighted by Gasteiger charge is -2.43. The molecule has 0 bridgehead atoms. The van der Waals surface area contributed by atoms with Crippen LogP contribution in [0.4, 0.5) is 0 Å². The average Bonchev–Trinajstić information content (AvgIpc) is 3.40. The Labute approximate surface area is 166 Å². The largest absolute Gasteiger partial charge is 0.298 e. The van der Waals surface area contributed by atoms with Crippen LogP contribution in [0.5, 0.6) is 0 Å². The molecule has 6 nitrogen and oxygen atoms in total. The van der Waals surface area contributed by atoms with Crippen molar-refractivity contribution in [2.24, 2.45) is 0 Å². The number of piperazine rings is 1. The third-order valence-electron chi connectivity index (χ3n) is 6.19. The molecule has 27 heavy (non-hydrogen) atoms. The van der Waals surface area contributed by atoms with E-state index in [4.69, 9.17) is 0 Å². The molecular formula is C20H32N6S. The summed E-state index contributed by atoms with van der Waals surface area (Å²) in [6.45, 7) is 7.69. The van der Waals surface area contributed by atoms with Crippen LogP contribution in [0.3, 0.4) is 0 Å². The van der Waals surface area contributed by atoms with Crippen LogP contribution >= 0.6 is 11.3 Å². The van der Waals surface area contributed by atoms with Crippen molar-refractivity contribution in [2.45, 2.75) is 70.5 Å². The second-order valence-electron chi connectivity index (χ2n) is 7.94. The van der Waals surface area contributed by atoms with Gasteiger partial charge in [0.05, 0.1) is 12.6 Å². The summed E-state index contributed by atoms with van der Waals surface area (Å²) in [5.41, 5.74) is 0. The molecule has 2 aliphatic rings. The molecule has 1 saturated carbocycles. The molecule has 0 unspecified atom stereocenters. The summed E-state index contributed by atoms with van der Waals surface area (Å²) < 4.78 is 2.01. The number of aromatic nitrogens is 4. The molecule has 148 valence electrons. The fraction of sp³-hybridized carbons (Fsp3) is 0.750. The Morgan fingerprint density at radius 3 is 2.67 bits per heavy atom. The molecule has 2 fully saturated rings. The molecule has 0 amide bonds. The van der Waals surface area contributed by atoms with Crippen molar-refractivity contribution in [3.05, 3.63) is 28.2 Å². The minimum atomic E-state index is 0.332. The highest BCUT2D eigenvalue weighted by atomic mass is 32.1. The predicted octanol–water partition coefficient (Wildman–Crippen LogP) is 3.57. The van der Waals surface area contributed by atoms with Crippen molar-refractivity contribution in [2.75, 3.05) is 26.2 Å². The standard InChI is InChI=1S/C20H32N6S/c1-2-7-19(20-21-22-23-26(20)16-18-10-6-15-27-18)25-13-11-24(12-14-25)17-8-4-3-5-9-17/h6,10,15,17,19H,2-5,7-9,11-14,16H2,1H3/t19-/m1/s1. The van der Waals surface area contributed by atoms with E-state index < -0.39 is 0 Å². The van der Waals surface area contributed by atoms with Crippen LogP contribution in [0.25, 0.3) is 0 Å². The molecular weight excluding hydrogens is 356 g/mol. The minimum absolute atomic E-state index is 0.332. The predicted molar refractivity (Wildman–Crippen MR) is 109 cm³/mol. The quantitative estimate of drug-likeness (QED) is 0.726. The lowest BCUT2D eigenvalue weighted by Crippen LogP contribution is -2.51. The SMILES string of the molecule is CCC[C@H](c1nnnn1Cc1cccs1)N1CCN(C2CCCCC2)CC1. The number of thiophene rings is 1. The van der Waals surface area contributed by atoms with Gasteiger partial charge in [-0.1, -0.05) is 38.7 Å². The Bertz CT molecular complexity index is 670. The summed E-state index contributed by atoms with van der Waals surface area (Å²) in [6.07, 6.45) is 9.34. The van der Waals surface area contributed by atoms with Gasteiger partial charge < -0.3 is 0 Å². The van der Waals surface area contributed by atoms with Crippen LogP contribution in [0.1, 0.15) is 68.6 Å². The van der Waals surface area contributed by atoms with Gasteiger partial charge in [-0.3, -0.25) is 9.80 Å². The second kappa shape index (κ2) is 9.26. The van der Waals surface area contributed by atoms with E-state index in [1.807, 2.05) is 4.68 Å². The highest BCUT2D eigenvalue weighted by molar-refractivity contribution is 7.09. The molecule has 3 heterocycles. The van der Waals surface area contributed by atoms with Crippen LogP contribution in [0.2, 0.25) is 0 Å². The van der Waals surface area contributed by atoms with E-state index in [1.54, 1.807) is 11.3 Å². The summed E-state index contributed by atoms with van der Waals surface area (Å²) in [6, 6.07) is 5.42. The monoisotopic (exact) mass is 388 g/mol. The molecule has 7 heteroatoms. The van der Waals surface area contributed by atoms with Crippen molar-refractivity contribution >= 4 is 11.3 Å². The number of tetrazole rings is 1. The Balaban J connectivity index is 1.42. The minimum Gasteiger partial charge on any atom is -0.298 e. The summed E-state index contributed by atoms with van der Waals surface area (Å²) >= 11 is 1.77. The van der Waals surface area contributed by atoms with Gasteiger partial charge in [-0.25, -0.2) is 4.68 Å². The van der Waals surface area contributed by atoms with Crippen LogP contribution < -0.4 is 0 Å². The average molecular weight is 389 g/mol. The fourth-order valence-corrected chi connectivity index (χ4v) is 5.41. The zero-order chi connectivity index (χ0) is 18.5. The van der Waals surface area contributed by atoms with E-state index in [9.17, 15) is 0 Å². The van der Waals surface area contributed by atoms with Crippen LogP contribution in [0, 0.1) is 0 Å². The summed E-state index contributed by atoms with van der Waals surface area (Å²) in [5, 5.41) is 14.9. The molecule has 1 atom stereocenters. The highest BCUT2D eigenvalue weighted by Crippen LogP contribution is 2.28. The lowest BCUT2D eigenvalue weighted by atomic mass is 9.93. The maximum Gasteiger partial charge on any atom is 0.168 e. The molecule has 4 rings (SSSR count). The third-order valence-corrected chi connectivity index (χ3v) is 7.05. The van der Waals surface area contributed by atoms with Crippen molar-refractivity contribution in [1.82, 2.24) is 30.0 Å². The number of nitrogens with zero attached hydrogens (tertiary/aromatic N) is 6. The van der Waals surface area contributed by atoms with Gasteiger partial charge in [-0.2, -0.15) is 0 Å². The van der Waals surface area contributed by atoms with Crippen LogP contribution in [0.15, 0.2) is 17.5 Å². The zero-order valence-electron chi connectivity index (χ0n) is 16.5. The summed E-state index contributed by atoms with van der Waals surface area (Å²) in [4.78, 5) is 6.67. The number of hydrogen-bond acceptors (Lipinski definition) is 6. The molecule has 0 aromatic carbocycles. The van der Waals surface area contributed by atoms with E-state index in [-0.39, 0.29) is 0 Å². The number of hydrogen-bond donors (Lipinski definition) is 0. The van der Waals surface area contributed by atoms with Crippen LogP contribution in [-0.4, -0.2) is 62.2 Å². The summed E-state index contributed by atoms with van der Waals surface area (Å²) in [7, 11) is 0. The maximum atomic E-state index is 4.45. The Hall–Kier alpha value is -1.31. The van der Waals surface area contributed by atoms with Crippen molar-refractivity contribution in [3.8, 4) is 0 Å². The first-order valence-electron chi connectivity index (χ1n) is 10.6. The molecule has 1 aliphatic carbocycles. The Morgan fingerprint density at radius 2 is 1.96 bits per heavy atom. The molecule has 2 aromatic rings. The van der Waals surface area contributed by atoms with E-state index >= 15 is 0 Å². The van der Waals surface area contributed by atoms with Gasteiger partial charge in [0, 0.05) is 37.1 Å². The topological polar surface area (TPSA) is 50.1 Å². The van der Waals surface area contributed by atoms with Crippen LogP contribution in [-0.2, 0) is 6.54 Å². The first-order chi connectivity index (χ1) is 13.3. The Kier molecular flexibility index (Phi) is 6.52. The van der Waals surface area contributed by atoms with Gasteiger partial charge in [-0.15, -0.1) is 16.4 Å². The molecule has 0 N–H and O–H groups in total. The van der Waals surface area contributed by atoms with Gasteiger partial charge in [0.1, 0.15) is 0 Å². The van der Waals surface area contributed by atoms with Crippen molar-refractivity contribution < 1.29 is 0 Å². The van der Waals surface area contributed by atoms with E-state index in [2.05, 4.69) is 49.8 Å².